The Labute approximate surface area is 277 Å². The minimum absolute atomic E-state index is 0.198. The van der Waals surface area contributed by atoms with Gasteiger partial charge in [-0.25, -0.2) is 7.35 Å². The first-order chi connectivity index (χ1) is 18.8. The highest BCUT2D eigenvalue weighted by atomic mass is 29.9. The minimum atomic E-state index is -2.22. The van der Waals surface area contributed by atoms with Gasteiger partial charge in [-0.1, -0.05) is 178 Å². The Morgan fingerprint density at radius 3 is 1.00 bits per heavy atom. The van der Waals surface area contributed by atoms with Gasteiger partial charge in [0, 0.05) is 8.17 Å². The van der Waals surface area contributed by atoms with Gasteiger partial charge in [0.15, 0.2) is 0 Å². The Balaban J connectivity index is 2.63. The molecule has 252 valence electrons. The molecular formula is C37H77OSi5-. The summed E-state index contributed by atoms with van der Waals surface area (Å²) in [6.45, 7) is 56.0. The third-order valence-electron chi connectivity index (χ3n) is 14.7. The zero-order valence-corrected chi connectivity index (χ0v) is 38.3. The largest absolute Gasteiger partial charge is 0.627 e. The first kappa shape index (κ1) is 38.2. The van der Waals surface area contributed by atoms with Crippen LogP contribution >= 0.6 is 0 Å². The molecule has 0 unspecified atom stereocenters. The van der Waals surface area contributed by atoms with Gasteiger partial charge in [0.05, 0.1) is 0 Å². The molecule has 0 amide bonds. The monoisotopic (exact) mass is 677 g/mol. The fourth-order valence-electron chi connectivity index (χ4n) is 10.7. The molecule has 4 aliphatic carbocycles. The van der Waals surface area contributed by atoms with Gasteiger partial charge in [-0.15, -0.1) is 0 Å². The summed E-state index contributed by atoms with van der Waals surface area (Å²) < 4.78 is 8.65. The summed E-state index contributed by atoms with van der Waals surface area (Å²) in [4.78, 5) is 0. The van der Waals surface area contributed by atoms with Crippen LogP contribution in [0.4, 0.5) is 0 Å². The summed E-state index contributed by atoms with van der Waals surface area (Å²) in [7, 11) is -8.29. The molecule has 4 bridgehead atoms. The van der Waals surface area contributed by atoms with Crippen LogP contribution in [0.3, 0.4) is 0 Å². The molecule has 0 aromatic heterocycles. The van der Waals surface area contributed by atoms with Crippen molar-refractivity contribution in [1.82, 2.24) is 0 Å². The molecule has 4 fully saturated rings. The van der Waals surface area contributed by atoms with Crippen LogP contribution in [0.2, 0.25) is 49.9 Å². The second kappa shape index (κ2) is 11.2. The van der Waals surface area contributed by atoms with Crippen LogP contribution in [0, 0.1) is 23.7 Å². The second-order valence-electron chi connectivity index (χ2n) is 22.3. The molecule has 0 N–H and O–H groups in total. The molecule has 0 atom stereocenters. The summed E-state index contributed by atoms with van der Waals surface area (Å²) in [5.74, 6) is 3.72. The summed E-state index contributed by atoms with van der Waals surface area (Å²) in [6.07, 6.45) is 7.50. The van der Waals surface area contributed by atoms with E-state index >= 15 is 0 Å². The average Bonchev–Trinajstić information content (AvgIpc) is 2.73. The van der Waals surface area contributed by atoms with Gasteiger partial charge < -0.3 is 4.12 Å². The van der Waals surface area contributed by atoms with Crippen LogP contribution in [-0.2, 0) is 4.12 Å². The maximum absolute atomic E-state index is 8.65. The number of hydrogen-bond acceptors (Lipinski definition) is 1. The van der Waals surface area contributed by atoms with Crippen LogP contribution in [0.1, 0.15) is 157 Å². The third kappa shape index (κ3) is 6.12. The highest BCUT2D eigenvalue weighted by Crippen LogP contribution is 2.62. The Bertz CT molecular complexity index is 951. The average molecular weight is 678 g/mol. The highest BCUT2D eigenvalue weighted by Gasteiger charge is 2.60. The van der Waals surface area contributed by atoms with Crippen molar-refractivity contribution >= 4 is 44.2 Å². The molecule has 0 radical (unpaired) electrons. The lowest BCUT2D eigenvalue weighted by atomic mass is 9.56. The van der Waals surface area contributed by atoms with E-state index in [0.717, 1.165) is 23.7 Å². The molecule has 1 nitrogen and oxygen atoms in total. The summed E-state index contributed by atoms with van der Waals surface area (Å²) in [6, 6.07) is 0. The van der Waals surface area contributed by atoms with Gasteiger partial charge in [-0.3, -0.25) is 0 Å². The molecule has 0 aliphatic heterocycles. The number of rotatable bonds is 5. The fraction of sp³-hybridized carbons (Fsp3) is 0.973. The third-order valence-corrected chi connectivity index (χ3v) is 78.9. The minimum Gasteiger partial charge on any atom is -0.627 e. The Morgan fingerprint density at radius 1 is 0.488 bits per heavy atom. The van der Waals surface area contributed by atoms with E-state index in [1.807, 2.05) is 0 Å². The van der Waals surface area contributed by atoms with E-state index in [4.69, 9.17) is 4.12 Å². The molecule has 0 saturated heterocycles. The van der Waals surface area contributed by atoms with Gasteiger partial charge in [0.2, 0.25) is 8.32 Å². The van der Waals surface area contributed by atoms with Crippen molar-refractivity contribution in [2.75, 3.05) is 0 Å². The lowest BCUT2D eigenvalue weighted by Crippen LogP contribution is -2.82. The lowest BCUT2D eigenvalue weighted by molar-refractivity contribution is 0.111. The molecule has 0 aromatic rings. The molecule has 4 rings (SSSR count). The Morgan fingerprint density at radius 2 is 0.767 bits per heavy atom. The van der Waals surface area contributed by atoms with E-state index in [1.54, 1.807) is 0 Å². The predicted molar refractivity (Wildman–Crippen MR) is 208 cm³/mol. The van der Waals surface area contributed by atoms with Crippen molar-refractivity contribution in [3.63, 3.8) is 0 Å². The molecular weight excluding hydrogens is 601 g/mol. The van der Waals surface area contributed by atoms with Crippen molar-refractivity contribution in [3.8, 4) is 0 Å². The first-order valence-corrected chi connectivity index (χ1v) is 31.4. The molecule has 43 heavy (non-hydrogen) atoms. The van der Waals surface area contributed by atoms with Gasteiger partial charge in [-0.2, -0.15) is 0 Å². The summed E-state index contributed by atoms with van der Waals surface area (Å²) in [5.41, 5.74) is 0. The Hall–Kier alpha value is 0.754. The van der Waals surface area contributed by atoms with Gasteiger partial charge in [-0.05, 0) is 72.4 Å². The van der Waals surface area contributed by atoms with E-state index in [1.165, 1.54) is 32.1 Å². The second-order valence-corrected chi connectivity index (χ2v) is 57.1. The standard InChI is InChI=1S/C37H77OSi5/c1-32(2,3)41(19,33(4,5)6)38-39(31-29-23-27-22-28(25-29)26-30(31)24-27)40(42(20,34(7,8)9)35(10,11)12)43(21,36(13,14)15)37(16,17)18/h27-30H,22-26H2,1-21H3/q-1. The quantitative estimate of drug-likeness (QED) is 0.263. The Kier molecular flexibility index (Phi) is 9.91. The van der Waals surface area contributed by atoms with E-state index in [-0.39, 0.29) is 10.1 Å². The SMILES string of the molecule is CC(C)(C)[Si](C)(O[Si](=C1C2CC3CC(C2)CC1C3)[Si-]([Si](C)(C(C)(C)C)C(C)(C)C)[Si](C)(C(C)(C)C)C(C)(C)C)C(C)(C)C. The maximum atomic E-state index is 8.65. The number of hydrogen-bond donors (Lipinski definition) is 0. The van der Waals surface area contributed by atoms with E-state index in [0.29, 0.717) is 20.2 Å². The van der Waals surface area contributed by atoms with E-state index < -0.39 is 39.0 Å². The maximum Gasteiger partial charge on any atom is 0.238 e. The van der Waals surface area contributed by atoms with Gasteiger partial charge >= 0.3 is 0 Å². The summed E-state index contributed by atoms with van der Waals surface area (Å²) >= 11 is 0. The van der Waals surface area contributed by atoms with Crippen molar-refractivity contribution in [1.29, 1.82) is 0 Å². The van der Waals surface area contributed by atoms with Crippen molar-refractivity contribution in [2.45, 2.75) is 207 Å². The van der Waals surface area contributed by atoms with Gasteiger partial charge in [0.25, 0.3) is 0 Å². The summed E-state index contributed by atoms with van der Waals surface area (Å²) in [5, 5.41) is 3.81. The zero-order chi connectivity index (χ0) is 33.8. The lowest BCUT2D eigenvalue weighted by Gasteiger charge is -2.75. The van der Waals surface area contributed by atoms with Crippen molar-refractivity contribution in [2.24, 2.45) is 23.7 Å². The molecule has 4 saturated carbocycles. The molecule has 0 aromatic carbocycles. The molecule has 4 aliphatic rings. The van der Waals surface area contributed by atoms with Crippen LogP contribution in [0.15, 0.2) is 0 Å². The van der Waals surface area contributed by atoms with E-state index in [2.05, 4.69) is 149 Å². The van der Waals surface area contributed by atoms with Crippen LogP contribution in [-0.4, -0.2) is 44.2 Å². The van der Waals surface area contributed by atoms with Crippen LogP contribution in [0.5, 0.6) is 0 Å². The highest BCUT2D eigenvalue weighted by molar-refractivity contribution is 7.79. The zero-order valence-electron chi connectivity index (χ0n) is 33.3. The van der Waals surface area contributed by atoms with Crippen LogP contribution < -0.4 is 0 Å². The topological polar surface area (TPSA) is 9.23 Å². The normalized spacial score (nSPS) is 26.2. The molecule has 0 heterocycles. The fourth-order valence-corrected chi connectivity index (χ4v) is 97.9. The van der Waals surface area contributed by atoms with E-state index in [9.17, 15) is 0 Å². The predicted octanol–water partition coefficient (Wildman–Crippen LogP) is 12.5. The smallest absolute Gasteiger partial charge is 0.238 e. The van der Waals surface area contributed by atoms with Gasteiger partial charge in [0.1, 0.15) is 0 Å². The molecule has 0 spiro atoms. The van der Waals surface area contributed by atoms with Crippen molar-refractivity contribution in [3.05, 3.63) is 0 Å². The van der Waals surface area contributed by atoms with Crippen LogP contribution in [0.25, 0.3) is 0 Å². The molecule has 6 heteroatoms. The first-order valence-electron chi connectivity index (χ1n) is 18.1. The van der Waals surface area contributed by atoms with Crippen molar-refractivity contribution < 1.29 is 4.12 Å².